The fraction of sp³-hybridized carbons (Fsp3) is 0.279. The first kappa shape index (κ1) is 37.7. The lowest BCUT2D eigenvalue weighted by Gasteiger charge is -2.25. The maximum absolute atomic E-state index is 14.0. The van der Waals surface area contributed by atoms with Crippen molar-refractivity contribution in [1.82, 2.24) is 15.1 Å². The van der Waals surface area contributed by atoms with Gasteiger partial charge in [0.05, 0.1) is 29.4 Å². The van der Waals surface area contributed by atoms with Gasteiger partial charge in [0.2, 0.25) is 6.20 Å². The molecule has 0 bridgehead atoms. The molecule has 4 aromatic carbocycles. The topological polar surface area (TPSA) is 120 Å². The molecule has 3 amide bonds. The minimum absolute atomic E-state index is 0.143. The van der Waals surface area contributed by atoms with Crippen molar-refractivity contribution in [3.63, 3.8) is 0 Å². The molecule has 278 valence electrons. The summed E-state index contributed by atoms with van der Waals surface area (Å²) in [6, 6.07) is 33.2. The number of nitrogens with one attached hydrogen (secondary N) is 1. The van der Waals surface area contributed by atoms with Crippen LogP contribution in [0.3, 0.4) is 0 Å². The number of imide groups is 1. The third-order valence-electron chi connectivity index (χ3n) is 8.92. The summed E-state index contributed by atoms with van der Waals surface area (Å²) in [5.74, 6) is -1.95. The average molecular weight is 730 g/mol. The molecule has 0 saturated carbocycles. The van der Waals surface area contributed by atoms with Crippen molar-refractivity contribution in [2.24, 2.45) is 7.05 Å². The number of nitrogens with zero attached hydrogens (tertiary/aromatic N) is 3. The number of carbonyl (C=O) groups is 4. The number of ether oxygens (including phenoxy) is 2. The standard InChI is InChI=1S/C43H44N4O7/c1-43(2,3)53-42(51)44-26-13-27-46-29-34(28-45(46)4)31-23-20-30(21-24-31)22-25-37(54-47-39(48)35-18-11-12-19-36(35)40(47)49)41(50)52-38(32-14-7-5-8-15-32)33-16-9-6-10-17-33/h5-12,14-21,23-24,28-29,37-38H,13,22,25-27H2,1-4H3/p+1. The highest BCUT2D eigenvalue weighted by molar-refractivity contribution is 6.20. The summed E-state index contributed by atoms with van der Waals surface area (Å²) in [6.45, 7) is 6.68. The molecule has 2 heterocycles. The van der Waals surface area contributed by atoms with E-state index in [0.717, 1.165) is 34.2 Å². The second-order valence-electron chi connectivity index (χ2n) is 14.2. The highest BCUT2D eigenvalue weighted by Gasteiger charge is 2.40. The van der Waals surface area contributed by atoms with Gasteiger partial charge in [-0.15, -0.1) is 9.75 Å². The molecule has 11 heteroatoms. The van der Waals surface area contributed by atoms with Crippen molar-refractivity contribution in [3.8, 4) is 11.1 Å². The number of hydroxylamine groups is 2. The molecular weight excluding hydrogens is 684 g/mol. The van der Waals surface area contributed by atoms with Crippen LogP contribution in [0.1, 0.15) is 77.1 Å². The fourth-order valence-corrected chi connectivity index (χ4v) is 6.22. The Balaban J connectivity index is 1.14. The van der Waals surface area contributed by atoms with Crippen molar-refractivity contribution < 1.29 is 38.2 Å². The summed E-state index contributed by atoms with van der Waals surface area (Å²) in [5, 5.41) is 3.47. The zero-order valence-corrected chi connectivity index (χ0v) is 30.9. The van der Waals surface area contributed by atoms with Crippen LogP contribution in [0.25, 0.3) is 11.1 Å². The van der Waals surface area contributed by atoms with Crippen LogP contribution in [0.2, 0.25) is 0 Å². The van der Waals surface area contributed by atoms with Gasteiger partial charge < -0.3 is 14.8 Å². The van der Waals surface area contributed by atoms with E-state index in [4.69, 9.17) is 14.3 Å². The molecule has 0 saturated heterocycles. The van der Waals surface area contributed by atoms with E-state index in [1.165, 1.54) is 0 Å². The second-order valence-corrected chi connectivity index (χ2v) is 14.2. The van der Waals surface area contributed by atoms with Crippen molar-refractivity contribution in [2.45, 2.75) is 64.4 Å². The van der Waals surface area contributed by atoms with Crippen molar-refractivity contribution in [2.75, 3.05) is 6.54 Å². The van der Waals surface area contributed by atoms with Gasteiger partial charge in [-0.3, -0.25) is 9.59 Å². The van der Waals surface area contributed by atoms with Gasteiger partial charge in [0.25, 0.3) is 11.8 Å². The van der Waals surface area contributed by atoms with Gasteiger partial charge in [0, 0.05) is 6.54 Å². The van der Waals surface area contributed by atoms with Crippen molar-refractivity contribution in [1.29, 1.82) is 0 Å². The van der Waals surface area contributed by atoms with Gasteiger partial charge >= 0.3 is 12.1 Å². The average Bonchev–Trinajstić information content (AvgIpc) is 3.65. The Hall–Kier alpha value is -6.07. The molecule has 0 spiro atoms. The molecule has 0 fully saturated rings. The number of alkyl carbamates (subject to hydrolysis) is 1. The molecule has 1 unspecified atom stereocenters. The van der Waals surface area contributed by atoms with Crippen LogP contribution in [-0.2, 0) is 39.1 Å². The summed E-state index contributed by atoms with van der Waals surface area (Å²) in [6.07, 6.45) is 2.94. The zero-order valence-electron chi connectivity index (χ0n) is 30.9. The minimum Gasteiger partial charge on any atom is -0.451 e. The molecular formula is C43H45N4O7+. The Kier molecular flexibility index (Phi) is 11.7. The summed E-state index contributed by atoms with van der Waals surface area (Å²) < 4.78 is 15.5. The van der Waals surface area contributed by atoms with Crippen LogP contribution in [0.5, 0.6) is 0 Å². The number of benzene rings is 4. The van der Waals surface area contributed by atoms with Crippen LogP contribution in [0.4, 0.5) is 4.79 Å². The molecule has 6 rings (SSSR count). The smallest absolute Gasteiger partial charge is 0.407 e. The molecule has 1 aromatic heterocycles. The third-order valence-corrected chi connectivity index (χ3v) is 8.92. The number of aromatic nitrogens is 2. The normalized spacial score (nSPS) is 13.2. The van der Waals surface area contributed by atoms with Crippen LogP contribution in [0.15, 0.2) is 122 Å². The Morgan fingerprint density at radius 1 is 0.778 bits per heavy atom. The zero-order chi connectivity index (χ0) is 38.2. The molecule has 1 atom stereocenters. The predicted octanol–water partition coefficient (Wildman–Crippen LogP) is 6.76. The predicted molar refractivity (Wildman–Crippen MR) is 201 cm³/mol. The second kappa shape index (κ2) is 16.7. The monoisotopic (exact) mass is 729 g/mol. The van der Waals surface area contributed by atoms with E-state index in [2.05, 4.69) is 16.2 Å². The van der Waals surface area contributed by atoms with Crippen molar-refractivity contribution >= 4 is 23.9 Å². The first-order chi connectivity index (χ1) is 26.0. The van der Waals surface area contributed by atoms with Gasteiger partial charge in [-0.2, -0.15) is 4.68 Å². The molecule has 5 aromatic rings. The Bertz CT molecular complexity index is 2020. The van der Waals surface area contributed by atoms with Gasteiger partial charge in [-0.25, -0.2) is 14.4 Å². The van der Waals surface area contributed by atoms with Gasteiger partial charge in [-0.1, -0.05) is 97.1 Å². The van der Waals surface area contributed by atoms with E-state index < -0.39 is 41.7 Å². The summed E-state index contributed by atoms with van der Waals surface area (Å²) in [5.41, 5.74) is 4.40. The van der Waals surface area contributed by atoms with E-state index in [1.54, 1.807) is 24.3 Å². The molecule has 0 aliphatic carbocycles. The van der Waals surface area contributed by atoms with Gasteiger partial charge in [0.15, 0.2) is 19.3 Å². The maximum atomic E-state index is 14.0. The number of rotatable bonds is 14. The lowest BCUT2D eigenvalue weighted by Crippen LogP contribution is -2.39. The van der Waals surface area contributed by atoms with E-state index in [1.807, 2.05) is 124 Å². The quantitative estimate of drug-likeness (QED) is 0.0581. The highest BCUT2D eigenvalue weighted by atomic mass is 16.7. The lowest BCUT2D eigenvalue weighted by atomic mass is 10.0. The molecule has 1 aliphatic heterocycles. The Morgan fingerprint density at radius 2 is 1.35 bits per heavy atom. The number of amides is 3. The molecule has 1 N–H and O–H groups in total. The van der Waals surface area contributed by atoms with Crippen LogP contribution >= 0.6 is 0 Å². The minimum atomic E-state index is -1.26. The number of hydrogen-bond acceptors (Lipinski definition) is 7. The molecule has 54 heavy (non-hydrogen) atoms. The van der Waals surface area contributed by atoms with Crippen LogP contribution in [0, 0.1) is 0 Å². The number of esters is 1. The number of aryl methyl sites for hydroxylation is 3. The first-order valence-electron chi connectivity index (χ1n) is 18.0. The van der Waals surface area contributed by atoms with Gasteiger partial charge in [0.1, 0.15) is 5.60 Å². The van der Waals surface area contributed by atoms with Crippen LogP contribution < -0.4 is 10.00 Å². The fourth-order valence-electron chi connectivity index (χ4n) is 6.22. The molecule has 11 nitrogen and oxygen atoms in total. The summed E-state index contributed by atoms with van der Waals surface area (Å²) in [7, 11) is 1.97. The van der Waals surface area contributed by atoms with Crippen molar-refractivity contribution in [3.05, 3.63) is 149 Å². The Morgan fingerprint density at radius 3 is 1.93 bits per heavy atom. The molecule has 0 radical (unpaired) electrons. The summed E-state index contributed by atoms with van der Waals surface area (Å²) >= 11 is 0. The Labute approximate surface area is 315 Å². The first-order valence-corrected chi connectivity index (χ1v) is 18.0. The SMILES string of the molecule is C[n+]1cc(-c2ccc(CCC(ON3C(=O)c4ccccc4C3=O)C(=O)OC(c3ccccc3)c3ccccc3)cc2)cn1CCCNC(=O)OC(C)(C)C. The van der Waals surface area contributed by atoms with E-state index >= 15 is 0 Å². The summed E-state index contributed by atoms with van der Waals surface area (Å²) in [4.78, 5) is 58.5. The number of carbonyl (C=O) groups excluding carboxylic acids is 4. The lowest BCUT2D eigenvalue weighted by molar-refractivity contribution is -0.753. The van der Waals surface area contributed by atoms with Gasteiger partial charge in [-0.05, 0) is 74.4 Å². The highest BCUT2D eigenvalue weighted by Crippen LogP contribution is 2.29. The van der Waals surface area contributed by atoms with E-state index in [-0.39, 0.29) is 17.5 Å². The number of hydrogen-bond donors (Lipinski definition) is 1. The van der Waals surface area contributed by atoms with E-state index in [0.29, 0.717) is 24.6 Å². The van der Waals surface area contributed by atoms with Crippen LogP contribution in [-0.4, -0.2) is 51.9 Å². The largest absolute Gasteiger partial charge is 0.451 e. The van der Waals surface area contributed by atoms with E-state index in [9.17, 15) is 19.2 Å². The maximum Gasteiger partial charge on any atom is 0.407 e. The molecule has 1 aliphatic rings. The number of fused-ring (bicyclic) bond motifs is 1. The third kappa shape index (κ3) is 9.28.